The van der Waals surface area contributed by atoms with Gasteiger partial charge in [0, 0.05) is 31.2 Å². The van der Waals surface area contributed by atoms with E-state index in [0.717, 1.165) is 0 Å². The van der Waals surface area contributed by atoms with Crippen molar-refractivity contribution in [3.63, 3.8) is 0 Å². The smallest absolute Gasteiger partial charge is 0.326 e. The topological polar surface area (TPSA) is 280 Å². The molecule has 16 heteroatoms. The molecule has 1 aromatic heterocycles. The van der Waals surface area contributed by atoms with Gasteiger partial charge in [0.05, 0.1) is 18.8 Å². The molecule has 0 fully saturated rings. The Hall–Kier alpha value is -4.99. The average Bonchev–Trinajstić information content (AvgIpc) is 3.39. The largest absolute Gasteiger partial charge is 0.508 e. The van der Waals surface area contributed by atoms with E-state index in [-0.39, 0.29) is 25.0 Å². The summed E-state index contributed by atoms with van der Waals surface area (Å²) < 4.78 is 0. The number of hydrogen-bond donors (Lipinski definition) is 9. The zero-order valence-corrected chi connectivity index (χ0v) is 21.2. The molecule has 0 bridgehead atoms. The minimum Gasteiger partial charge on any atom is -0.508 e. The van der Waals surface area contributed by atoms with Gasteiger partial charge < -0.3 is 47.7 Å². The van der Waals surface area contributed by atoms with Crippen molar-refractivity contribution in [3.05, 3.63) is 48.0 Å². The van der Waals surface area contributed by atoms with E-state index in [1.54, 1.807) is 0 Å². The summed E-state index contributed by atoms with van der Waals surface area (Å²) in [4.78, 5) is 79.5. The van der Waals surface area contributed by atoms with Crippen LogP contribution in [-0.4, -0.2) is 85.0 Å². The van der Waals surface area contributed by atoms with Crippen molar-refractivity contribution in [2.75, 3.05) is 0 Å². The number of imidazole rings is 1. The van der Waals surface area contributed by atoms with Gasteiger partial charge in [0.25, 0.3) is 0 Å². The van der Waals surface area contributed by atoms with E-state index < -0.39 is 72.6 Å². The molecular weight excluding hydrogens is 530 g/mol. The molecule has 11 N–H and O–H groups in total. The molecule has 1 heterocycles. The quantitative estimate of drug-likeness (QED) is 0.103. The normalized spacial score (nSPS) is 13.7. The zero-order chi connectivity index (χ0) is 29.8. The molecule has 16 nitrogen and oxygen atoms in total. The van der Waals surface area contributed by atoms with Crippen molar-refractivity contribution in [2.45, 2.75) is 56.3 Å². The first-order chi connectivity index (χ1) is 18.8. The lowest BCUT2D eigenvalue weighted by molar-refractivity contribution is -0.143. The van der Waals surface area contributed by atoms with Crippen LogP contribution in [0.15, 0.2) is 36.8 Å². The number of H-pyrrole nitrogens is 1. The summed E-state index contributed by atoms with van der Waals surface area (Å²) in [6.07, 6.45) is 1.12. The molecule has 0 aliphatic heterocycles. The van der Waals surface area contributed by atoms with Gasteiger partial charge in [0.1, 0.15) is 23.9 Å². The van der Waals surface area contributed by atoms with Crippen LogP contribution in [0.1, 0.15) is 30.5 Å². The number of rotatable bonds is 16. The first kappa shape index (κ1) is 31.2. The Labute approximate surface area is 227 Å². The Morgan fingerprint density at radius 3 is 2.02 bits per heavy atom. The number of aliphatic carboxylic acids is 2. The van der Waals surface area contributed by atoms with E-state index in [1.807, 2.05) is 0 Å². The van der Waals surface area contributed by atoms with Gasteiger partial charge in [0.15, 0.2) is 0 Å². The number of carbonyl (C=O) groups excluding carboxylic acids is 4. The minimum absolute atomic E-state index is 0.0431. The second kappa shape index (κ2) is 14.8. The van der Waals surface area contributed by atoms with Crippen molar-refractivity contribution in [1.29, 1.82) is 0 Å². The molecule has 2 rings (SSSR count). The third-order valence-electron chi connectivity index (χ3n) is 5.64. The number of nitrogens with zero attached hydrogens (tertiary/aromatic N) is 1. The lowest BCUT2D eigenvalue weighted by Gasteiger charge is -2.25. The van der Waals surface area contributed by atoms with E-state index in [4.69, 9.17) is 16.6 Å². The number of carboxylic acid groups (broad SMARTS) is 2. The van der Waals surface area contributed by atoms with Crippen LogP contribution in [0.5, 0.6) is 5.75 Å². The molecule has 0 saturated carbocycles. The average molecular weight is 562 g/mol. The molecule has 1 aromatic carbocycles. The number of aromatic hydroxyl groups is 1. The molecule has 4 unspecified atom stereocenters. The van der Waals surface area contributed by atoms with Crippen molar-refractivity contribution in [3.8, 4) is 5.75 Å². The van der Waals surface area contributed by atoms with E-state index in [2.05, 4.69) is 25.9 Å². The highest BCUT2D eigenvalue weighted by Crippen LogP contribution is 2.12. The lowest BCUT2D eigenvalue weighted by Crippen LogP contribution is -2.58. The number of amides is 4. The number of primary amides is 1. The highest BCUT2D eigenvalue weighted by molar-refractivity contribution is 5.95. The van der Waals surface area contributed by atoms with Crippen LogP contribution in [0, 0.1) is 0 Å². The van der Waals surface area contributed by atoms with Crippen molar-refractivity contribution in [2.24, 2.45) is 11.5 Å². The maximum Gasteiger partial charge on any atom is 0.326 e. The van der Waals surface area contributed by atoms with Crippen LogP contribution < -0.4 is 27.4 Å². The van der Waals surface area contributed by atoms with Crippen LogP contribution in [0.4, 0.5) is 0 Å². The van der Waals surface area contributed by atoms with E-state index in [9.17, 15) is 39.0 Å². The van der Waals surface area contributed by atoms with Gasteiger partial charge in [-0.25, -0.2) is 9.78 Å². The standard InChI is InChI=1S/C24H31N7O9/c25-15(8-13-10-27-11-28-13)21(36)29-16(5-6-20(34)35)22(37)30-17(7-12-1-3-14(32)4-2-12)23(38)31-18(24(39)40)9-19(26)33/h1-4,10-11,15-18,32H,5-9,25H2,(H2,26,33)(H,27,28)(H,29,36)(H,30,37)(H,31,38)(H,34,35)(H,39,40). The molecule has 0 spiro atoms. The minimum atomic E-state index is -1.69. The predicted octanol–water partition coefficient (Wildman–Crippen LogP) is -2.49. The summed E-state index contributed by atoms with van der Waals surface area (Å²) in [6.45, 7) is 0. The highest BCUT2D eigenvalue weighted by atomic mass is 16.4. The number of phenolic OH excluding ortho intramolecular Hbond substituents is 1. The Morgan fingerprint density at radius 1 is 0.875 bits per heavy atom. The number of carbonyl (C=O) groups is 6. The van der Waals surface area contributed by atoms with Crippen LogP contribution in [0.2, 0.25) is 0 Å². The fourth-order valence-electron chi connectivity index (χ4n) is 3.56. The van der Waals surface area contributed by atoms with Gasteiger partial charge in [-0.2, -0.15) is 0 Å². The fraction of sp³-hybridized carbons (Fsp3) is 0.375. The van der Waals surface area contributed by atoms with E-state index in [0.29, 0.717) is 11.3 Å². The Balaban J connectivity index is 2.24. The van der Waals surface area contributed by atoms with Crippen LogP contribution in [-0.2, 0) is 41.6 Å². The van der Waals surface area contributed by atoms with E-state index in [1.165, 1.54) is 36.8 Å². The summed E-state index contributed by atoms with van der Waals surface area (Å²) in [6, 6.07) is -0.0984. The van der Waals surface area contributed by atoms with Gasteiger partial charge in [-0.15, -0.1) is 0 Å². The lowest BCUT2D eigenvalue weighted by atomic mass is 10.0. The maximum absolute atomic E-state index is 13.2. The fourth-order valence-corrected chi connectivity index (χ4v) is 3.56. The van der Waals surface area contributed by atoms with Gasteiger partial charge in [-0.1, -0.05) is 12.1 Å². The van der Waals surface area contributed by atoms with Crippen LogP contribution >= 0.6 is 0 Å². The summed E-state index contributed by atoms with van der Waals surface area (Å²) in [5, 5.41) is 34.9. The highest BCUT2D eigenvalue weighted by Gasteiger charge is 2.31. The molecule has 4 amide bonds. The second-order valence-electron chi connectivity index (χ2n) is 8.88. The van der Waals surface area contributed by atoms with Crippen molar-refractivity contribution < 1.29 is 44.1 Å². The second-order valence-corrected chi connectivity index (χ2v) is 8.88. The maximum atomic E-state index is 13.2. The predicted molar refractivity (Wildman–Crippen MR) is 136 cm³/mol. The number of phenols is 1. The van der Waals surface area contributed by atoms with Gasteiger partial charge in [-0.05, 0) is 24.1 Å². The molecule has 0 saturated heterocycles. The number of aromatic nitrogens is 2. The third kappa shape index (κ3) is 10.4. The molecule has 216 valence electrons. The molecule has 4 atom stereocenters. The Morgan fingerprint density at radius 2 is 1.48 bits per heavy atom. The summed E-state index contributed by atoms with van der Waals surface area (Å²) >= 11 is 0. The SMILES string of the molecule is NC(=O)CC(NC(=O)C(Cc1ccc(O)cc1)NC(=O)C(CCC(=O)O)NC(=O)C(N)Cc1cnc[nH]1)C(=O)O. The summed E-state index contributed by atoms with van der Waals surface area (Å²) in [7, 11) is 0. The molecule has 0 radical (unpaired) electrons. The Bertz CT molecular complexity index is 1200. The summed E-state index contributed by atoms with van der Waals surface area (Å²) in [5.41, 5.74) is 12.0. The first-order valence-corrected chi connectivity index (χ1v) is 12.0. The Kier molecular flexibility index (Phi) is 11.6. The number of benzene rings is 1. The number of carboxylic acids is 2. The summed E-state index contributed by atoms with van der Waals surface area (Å²) in [5.74, 6) is -6.55. The molecule has 0 aliphatic carbocycles. The van der Waals surface area contributed by atoms with Crippen LogP contribution in [0.25, 0.3) is 0 Å². The molecule has 2 aromatic rings. The van der Waals surface area contributed by atoms with Gasteiger partial charge in [0.2, 0.25) is 23.6 Å². The number of hydrogen-bond acceptors (Lipinski definition) is 9. The molecule has 40 heavy (non-hydrogen) atoms. The number of nitrogens with two attached hydrogens (primary N) is 2. The van der Waals surface area contributed by atoms with Gasteiger partial charge in [-0.3, -0.25) is 24.0 Å². The van der Waals surface area contributed by atoms with Gasteiger partial charge >= 0.3 is 11.9 Å². The first-order valence-electron chi connectivity index (χ1n) is 12.0. The number of aromatic amines is 1. The zero-order valence-electron chi connectivity index (χ0n) is 21.2. The van der Waals surface area contributed by atoms with Crippen molar-refractivity contribution >= 4 is 35.6 Å². The van der Waals surface area contributed by atoms with Crippen molar-refractivity contribution in [1.82, 2.24) is 25.9 Å². The third-order valence-corrected chi connectivity index (χ3v) is 5.64. The monoisotopic (exact) mass is 561 g/mol. The van der Waals surface area contributed by atoms with Crippen LogP contribution in [0.3, 0.4) is 0 Å². The molecular formula is C24H31N7O9. The van der Waals surface area contributed by atoms with E-state index >= 15 is 0 Å². The number of nitrogens with one attached hydrogen (secondary N) is 4. The molecule has 0 aliphatic rings.